The fraction of sp³-hybridized carbons (Fsp3) is 0.0526. The van der Waals surface area contributed by atoms with E-state index in [2.05, 4.69) is 0 Å². The Kier molecular flexibility index (Phi) is 5.98. The third-order valence-electron chi connectivity index (χ3n) is 4.38. The first-order chi connectivity index (χ1) is 13.5. The molecule has 3 N–H and O–H groups in total. The molecule has 3 rings (SSSR count). The van der Waals surface area contributed by atoms with Crippen LogP contribution in [0.4, 0.5) is 0 Å². The third kappa shape index (κ3) is 3.65. The number of benzene rings is 3. The molecule has 0 bridgehead atoms. The van der Waals surface area contributed by atoms with Crippen LogP contribution in [0.5, 0.6) is 11.5 Å². The van der Waals surface area contributed by atoms with Gasteiger partial charge in [0.2, 0.25) is 0 Å². The molecule has 0 aliphatic heterocycles. The van der Waals surface area contributed by atoms with E-state index < -0.39 is 31.9 Å². The van der Waals surface area contributed by atoms with Crippen LogP contribution in [0.3, 0.4) is 0 Å². The summed E-state index contributed by atoms with van der Waals surface area (Å²) in [6.07, 6.45) is 0. The fourth-order valence-corrected chi connectivity index (χ4v) is 5.51. The van der Waals surface area contributed by atoms with Crippen LogP contribution in [-0.4, -0.2) is 23.2 Å². The molecule has 0 amide bonds. The van der Waals surface area contributed by atoms with Crippen molar-refractivity contribution < 1.29 is 23.2 Å². The molecule has 0 heterocycles. The average Bonchev–Trinajstić information content (AvgIpc) is 2.61. The highest BCUT2D eigenvalue weighted by molar-refractivity contribution is 7.87. The number of hydrogen-bond acceptors (Lipinski definition) is 4. The molecule has 5 nitrogen and oxygen atoms in total. The first kappa shape index (κ1) is 22.0. The van der Waals surface area contributed by atoms with Gasteiger partial charge in [-0.25, -0.2) is 0 Å². The number of rotatable bonds is 4. The molecule has 152 valence electrons. The summed E-state index contributed by atoms with van der Waals surface area (Å²) >= 11 is 24.5. The van der Waals surface area contributed by atoms with Crippen molar-refractivity contribution in [2.45, 2.75) is 4.75 Å². The van der Waals surface area contributed by atoms with Gasteiger partial charge in [-0.1, -0.05) is 64.6 Å². The van der Waals surface area contributed by atoms with E-state index in [1.807, 2.05) is 0 Å². The van der Waals surface area contributed by atoms with E-state index in [0.29, 0.717) is 0 Å². The second-order valence-corrected chi connectivity index (χ2v) is 9.30. The lowest BCUT2D eigenvalue weighted by Gasteiger charge is -2.34. The molecule has 3 aromatic carbocycles. The lowest BCUT2D eigenvalue weighted by Crippen LogP contribution is -2.38. The average molecular weight is 494 g/mol. The Bertz CT molecular complexity index is 1190. The molecule has 1 atom stereocenters. The molecule has 0 aliphatic carbocycles. The molecule has 0 aromatic heterocycles. The molecular weight excluding hydrogens is 482 g/mol. The monoisotopic (exact) mass is 492 g/mol. The standard InChI is InChI=1S/C19H12Cl4O5S/c20-11-4-1-3-10(7-11)19(29(26,27)28,18-16(24)5-2-6-17(18)25)12-8-14(22)15(23)9-13(12)21/h1-9,24-25H,(H,26,27,28). The lowest BCUT2D eigenvalue weighted by molar-refractivity contribution is 0.416. The molecule has 0 spiro atoms. The Balaban J connectivity index is 2.66. The van der Waals surface area contributed by atoms with Gasteiger partial charge < -0.3 is 10.2 Å². The second kappa shape index (κ2) is 7.87. The zero-order valence-electron chi connectivity index (χ0n) is 14.3. The van der Waals surface area contributed by atoms with E-state index in [4.69, 9.17) is 46.4 Å². The summed E-state index contributed by atoms with van der Waals surface area (Å²) in [4.78, 5) is 0. The second-order valence-electron chi connectivity index (χ2n) is 6.08. The van der Waals surface area contributed by atoms with Crippen molar-refractivity contribution in [2.24, 2.45) is 0 Å². The summed E-state index contributed by atoms with van der Waals surface area (Å²) < 4.78 is 33.9. The molecule has 1 unspecified atom stereocenters. The predicted molar refractivity (Wildman–Crippen MR) is 114 cm³/mol. The van der Waals surface area contributed by atoms with Gasteiger partial charge in [-0.2, -0.15) is 8.42 Å². The van der Waals surface area contributed by atoms with Crippen molar-refractivity contribution >= 4 is 56.5 Å². The Labute approximate surface area is 186 Å². The van der Waals surface area contributed by atoms with E-state index in [-0.39, 0.29) is 31.2 Å². The Hall–Kier alpha value is -1.67. The number of phenols is 2. The van der Waals surface area contributed by atoms with Crippen LogP contribution in [0.15, 0.2) is 54.6 Å². The van der Waals surface area contributed by atoms with Crippen LogP contribution in [0, 0.1) is 0 Å². The van der Waals surface area contributed by atoms with Crippen LogP contribution in [0.2, 0.25) is 20.1 Å². The summed E-state index contributed by atoms with van der Waals surface area (Å²) in [5.74, 6) is -1.21. The normalized spacial score (nSPS) is 13.8. The minimum atomic E-state index is -5.16. The van der Waals surface area contributed by atoms with Crippen LogP contribution in [0.25, 0.3) is 0 Å². The summed E-state index contributed by atoms with van der Waals surface area (Å²) in [5.41, 5.74) is -0.857. The largest absolute Gasteiger partial charge is 0.507 e. The van der Waals surface area contributed by atoms with Gasteiger partial charge in [0.25, 0.3) is 10.1 Å². The molecule has 0 radical (unpaired) electrons. The molecule has 10 heteroatoms. The highest BCUT2D eigenvalue weighted by Gasteiger charge is 2.53. The lowest BCUT2D eigenvalue weighted by atomic mass is 9.83. The maximum Gasteiger partial charge on any atom is 0.283 e. The zero-order chi connectivity index (χ0) is 21.6. The third-order valence-corrected chi connectivity index (χ3v) is 7.08. The highest BCUT2D eigenvalue weighted by Crippen LogP contribution is 2.53. The van der Waals surface area contributed by atoms with Gasteiger partial charge in [0.15, 0.2) is 4.75 Å². The Morgan fingerprint density at radius 1 is 0.759 bits per heavy atom. The zero-order valence-corrected chi connectivity index (χ0v) is 18.1. The Morgan fingerprint density at radius 3 is 1.86 bits per heavy atom. The van der Waals surface area contributed by atoms with Gasteiger partial charge >= 0.3 is 0 Å². The highest BCUT2D eigenvalue weighted by atomic mass is 35.5. The quantitative estimate of drug-likeness (QED) is 0.239. The Morgan fingerprint density at radius 2 is 1.31 bits per heavy atom. The molecule has 0 aliphatic rings. The van der Waals surface area contributed by atoms with Crippen LogP contribution in [-0.2, 0) is 14.9 Å². The number of hydrogen-bond donors (Lipinski definition) is 3. The number of aromatic hydroxyl groups is 2. The van der Waals surface area contributed by atoms with Crippen molar-refractivity contribution in [1.29, 1.82) is 0 Å². The maximum absolute atomic E-state index is 13.0. The summed E-state index contributed by atoms with van der Waals surface area (Å²) in [7, 11) is -5.16. The minimum absolute atomic E-state index is 0.0391. The number of halogens is 4. The van der Waals surface area contributed by atoms with Crippen molar-refractivity contribution in [2.75, 3.05) is 0 Å². The van der Waals surface area contributed by atoms with Crippen LogP contribution in [0.1, 0.15) is 16.7 Å². The van der Waals surface area contributed by atoms with Gasteiger partial charge in [0.1, 0.15) is 11.5 Å². The molecular formula is C19H12Cl4O5S. The molecule has 29 heavy (non-hydrogen) atoms. The topological polar surface area (TPSA) is 94.8 Å². The van der Waals surface area contributed by atoms with E-state index in [9.17, 15) is 23.2 Å². The molecule has 3 aromatic rings. The number of phenolic OH excluding ortho intramolecular Hbond substituents is 2. The first-order valence-electron chi connectivity index (χ1n) is 7.89. The minimum Gasteiger partial charge on any atom is -0.507 e. The predicted octanol–water partition coefficient (Wildman–Crippen LogP) is 5.89. The SMILES string of the molecule is O=S(=O)(O)C(c1cccc(Cl)c1)(c1cc(Cl)c(Cl)cc1Cl)c1c(O)cccc1O. The van der Waals surface area contributed by atoms with Crippen LogP contribution >= 0.6 is 46.4 Å². The molecule has 0 fully saturated rings. The van der Waals surface area contributed by atoms with E-state index in [0.717, 1.165) is 18.2 Å². The van der Waals surface area contributed by atoms with Crippen molar-refractivity contribution in [3.05, 3.63) is 91.4 Å². The van der Waals surface area contributed by atoms with Gasteiger partial charge in [0, 0.05) is 15.6 Å². The summed E-state index contributed by atoms with van der Waals surface area (Å²) in [6.45, 7) is 0. The molecule has 0 saturated carbocycles. The first-order valence-corrected chi connectivity index (χ1v) is 10.8. The maximum atomic E-state index is 13.0. The fourth-order valence-electron chi connectivity index (χ4n) is 3.24. The summed E-state index contributed by atoms with van der Waals surface area (Å²) in [5, 5.41) is 21.0. The van der Waals surface area contributed by atoms with E-state index >= 15 is 0 Å². The van der Waals surface area contributed by atoms with Crippen molar-refractivity contribution in [3.8, 4) is 11.5 Å². The van der Waals surface area contributed by atoms with Gasteiger partial charge in [0.05, 0.1) is 15.6 Å². The van der Waals surface area contributed by atoms with Gasteiger partial charge in [-0.15, -0.1) is 0 Å². The van der Waals surface area contributed by atoms with E-state index in [1.54, 1.807) is 0 Å². The van der Waals surface area contributed by atoms with Crippen LogP contribution < -0.4 is 0 Å². The van der Waals surface area contributed by atoms with E-state index in [1.165, 1.54) is 36.4 Å². The molecule has 0 saturated heterocycles. The summed E-state index contributed by atoms with van der Waals surface area (Å²) in [6, 6.07) is 11.5. The van der Waals surface area contributed by atoms with Gasteiger partial charge in [-0.05, 0) is 42.0 Å². The van der Waals surface area contributed by atoms with Crippen molar-refractivity contribution in [3.63, 3.8) is 0 Å². The van der Waals surface area contributed by atoms with Crippen molar-refractivity contribution in [1.82, 2.24) is 0 Å². The van der Waals surface area contributed by atoms with Gasteiger partial charge in [-0.3, -0.25) is 4.55 Å². The smallest absolute Gasteiger partial charge is 0.283 e.